The van der Waals surface area contributed by atoms with Crippen LogP contribution in [0.4, 0.5) is 4.39 Å². The minimum Gasteiger partial charge on any atom is -0.340 e. The Labute approximate surface area is 174 Å². The quantitative estimate of drug-likeness (QED) is 0.684. The van der Waals surface area contributed by atoms with Gasteiger partial charge in [0.05, 0.1) is 10.6 Å². The van der Waals surface area contributed by atoms with Gasteiger partial charge in [-0.3, -0.25) is 9.59 Å². The number of hydrogen-bond donors (Lipinski definition) is 1. The highest BCUT2D eigenvalue weighted by atomic mass is 35.5. The van der Waals surface area contributed by atoms with Crippen LogP contribution in [0.2, 0.25) is 10.0 Å². The van der Waals surface area contributed by atoms with Gasteiger partial charge in [-0.05, 0) is 48.2 Å². The van der Waals surface area contributed by atoms with E-state index in [0.29, 0.717) is 18.0 Å². The Balaban J connectivity index is 2.13. The minimum absolute atomic E-state index is 0.189. The molecule has 7 heteroatoms. The normalized spacial score (nSPS) is 12.0. The van der Waals surface area contributed by atoms with Crippen LogP contribution in [0, 0.1) is 11.7 Å². The van der Waals surface area contributed by atoms with Crippen molar-refractivity contribution in [1.82, 2.24) is 10.2 Å². The smallest absolute Gasteiger partial charge is 0.253 e. The zero-order chi connectivity index (χ0) is 20.8. The van der Waals surface area contributed by atoms with E-state index < -0.39 is 11.9 Å². The van der Waals surface area contributed by atoms with Gasteiger partial charge < -0.3 is 10.2 Å². The summed E-state index contributed by atoms with van der Waals surface area (Å²) >= 11 is 12.0. The van der Waals surface area contributed by atoms with Crippen LogP contribution in [-0.2, 0) is 11.3 Å². The first-order chi connectivity index (χ1) is 13.2. The molecule has 0 spiro atoms. The van der Waals surface area contributed by atoms with Crippen LogP contribution >= 0.6 is 23.2 Å². The molecule has 2 amide bonds. The molecule has 0 aliphatic heterocycles. The molecule has 2 aromatic rings. The molecule has 2 rings (SSSR count). The molecule has 1 N–H and O–H groups in total. The number of nitrogens with zero attached hydrogens (tertiary/aromatic N) is 1. The van der Waals surface area contributed by atoms with Crippen LogP contribution in [0.5, 0.6) is 0 Å². The lowest BCUT2D eigenvalue weighted by molar-refractivity contribution is -0.132. The fourth-order valence-electron chi connectivity index (χ4n) is 2.81. The van der Waals surface area contributed by atoms with Crippen LogP contribution in [0.25, 0.3) is 0 Å². The van der Waals surface area contributed by atoms with Crippen LogP contribution in [0.3, 0.4) is 0 Å². The number of likely N-dealkylation sites (N-methyl/N-ethyl adjacent to an activating group) is 1. The largest absolute Gasteiger partial charge is 0.340 e. The van der Waals surface area contributed by atoms with Gasteiger partial charge in [0.1, 0.15) is 11.9 Å². The lowest BCUT2D eigenvalue weighted by atomic mass is 10.0. The average Bonchev–Trinajstić information content (AvgIpc) is 2.61. The molecule has 1 unspecified atom stereocenters. The number of halogens is 3. The third-order valence-corrected chi connectivity index (χ3v) is 4.74. The van der Waals surface area contributed by atoms with Crippen molar-refractivity contribution >= 4 is 35.0 Å². The van der Waals surface area contributed by atoms with Crippen molar-refractivity contribution in [3.05, 3.63) is 69.5 Å². The molecule has 28 heavy (non-hydrogen) atoms. The topological polar surface area (TPSA) is 49.4 Å². The van der Waals surface area contributed by atoms with E-state index in [0.717, 1.165) is 5.56 Å². The zero-order valence-corrected chi connectivity index (χ0v) is 17.5. The fraction of sp³-hybridized carbons (Fsp3) is 0.333. The first-order valence-corrected chi connectivity index (χ1v) is 9.68. The van der Waals surface area contributed by atoms with Crippen molar-refractivity contribution in [2.75, 3.05) is 7.05 Å². The number of nitrogens with one attached hydrogen (secondary N) is 1. The molecule has 0 radical (unpaired) electrons. The van der Waals surface area contributed by atoms with Crippen molar-refractivity contribution in [2.45, 2.75) is 32.9 Å². The summed E-state index contributed by atoms with van der Waals surface area (Å²) in [6.45, 7) is 4.26. The predicted molar refractivity (Wildman–Crippen MR) is 110 cm³/mol. The lowest BCUT2D eigenvalue weighted by Crippen LogP contribution is -2.47. The second kappa shape index (κ2) is 9.89. The third-order valence-electron chi connectivity index (χ3n) is 4.20. The first-order valence-electron chi connectivity index (χ1n) is 8.92. The molecule has 0 fully saturated rings. The molecule has 0 aromatic heterocycles. The zero-order valence-electron chi connectivity index (χ0n) is 16.0. The highest BCUT2D eigenvalue weighted by molar-refractivity contribution is 6.36. The van der Waals surface area contributed by atoms with Crippen molar-refractivity contribution in [2.24, 2.45) is 5.92 Å². The van der Waals surface area contributed by atoms with Gasteiger partial charge in [0, 0.05) is 18.6 Å². The van der Waals surface area contributed by atoms with Crippen LogP contribution in [0.15, 0.2) is 42.5 Å². The van der Waals surface area contributed by atoms with E-state index in [-0.39, 0.29) is 28.2 Å². The second-order valence-corrected chi connectivity index (χ2v) is 7.94. The Morgan fingerprint density at radius 1 is 1.11 bits per heavy atom. The molecule has 150 valence electrons. The van der Waals surface area contributed by atoms with Crippen molar-refractivity contribution in [3.8, 4) is 0 Å². The Morgan fingerprint density at radius 2 is 1.75 bits per heavy atom. The minimum atomic E-state index is -0.704. The van der Waals surface area contributed by atoms with Gasteiger partial charge in [0.25, 0.3) is 5.91 Å². The van der Waals surface area contributed by atoms with Gasteiger partial charge in [-0.15, -0.1) is 0 Å². The predicted octanol–water partition coefficient (Wildman–Crippen LogP) is 4.94. The van der Waals surface area contributed by atoms with Crippen molar-refractivity contribution < 1.29 is 14.0 Å². The number of carbonyl (C=O) groups excluding carboxylic acids is 2. The molecule has 0 aliphatic rings. The van der Waals surface area contributed by atoms with E-state index in [1.54, 1.807) is 25.2 Å². The van der Waals surface area contributed by atoms with Gasteiger partial charge in [0.15, 0.2) is 0 Å². The van der Waals surface area contributed by atoms with E-state index in [2.05, 4.69) is 5.32 Å². The summed E-state index contributed by atoms with van der Waals surface area (Å²) in [5.74, 6) is -0.802. The Bertz CT molecular complexity index is 841. The van der Waals surface area contributed by atoms with Gasteiger partial charge >= 0.3 is 0 Å². The van der Waals surface area contributed by atoms with Crippen molar-refractivity contribution in [1.29, 1.82) is 0 Å². The Morgan fingerprint density at radius 3 is 2.32 bits per heavy atom. The molecular weight excluding hydrogens is 402 g/mol. The summed E-state index contributed by atoms with van der Waals surface area (Å²) < 4.78 is 13.1. The Kier molecular flexibility index (Phi) is 7.84. The monoisotopic (exact) mass is 424 g/mol. The SMILES string of the molecule is CC(C)CC(NC(=O)c1ccc(Cl)cc1Cl)C(=O)N(C)Cc1ccc(F)cc1. The van der Waals surface area contributed by atoms with E-state index in [9.17, 15) is 14.0 Å². The van der Waals surface area contributed by atoms with Gasteiger partial charge in [0.2, 0.25) is 5.91 Å². The van der Waals surface area contributed by atoms with Crippen LogP contribution in [-0.4, -0.2) is 29.8 Å². The first kappa shape index (κ1) is 22.2. The molecule has 0 saturated heterocycles. The summed E-state index contributed by atoms with van der Waals surface area (Å²) in [5.41, 5.74) is 1.06. The average molecular weight is 425 g/mol. The van der Waals surface area contributed by atoms with Gasteiger partial charge in [-0.1, -0.05) is 49.2 Å². The van der Waals surface area contributed by atoms with Gasteiger partial charge in [-0.2, -0.15) is 0 Å². The molecule has 1 atom stereocenters. The molecule has 0 saturated carbocycles. The second-order valence-electron chi connectivity index (χ2n) is 7.10. The van der Waals surface area contributed by atoms with Crippen LogP contribution < -0.4 is 5.32 Å². The van der Waals surface area contributed by atoms with Gasteiger partial charge in [-0.25, -0.2) is 4.39 Å². The number of hydrogen-bond acceptors (Lipinski definition) is 2. The molecule has 4 nitrogen and oxygen atoms in total. The van der Waals surface area contributed by atoms with E-state index in [4.69, 9.17) is 23.2 Å². The lowest BCUT2D eigenvalue weighted by Gasteiger charge is -2.26. The van der Waals surface area contributed by atoms with Crippen molar-refractivity contribution in [3.63, 3.8) is 0 Å². The maximum absolute atomic E-state index is 13.1. The molecule has 2 aromatic carbocycles. The summed E-state index contributed by atoms with van der Waals surface area (Å²) in [4.78, 5) is 27.1. The van der Waals surface area contributed by atoms with E-state index in [1.165, 1.54) is 29.2 Å². The number of carbonyl (C=O) groups is 2. The summed E-state index contributed by atoms with van der Waals surface area (Å²) in [6, 6.07) is 9.84. The molecule has 0 bridgehead atoms. The number of benzene rings is 2. The number of amides is 2. The summed E-state index contributed by atoms with van der Waals surface area (Å²) in [5, 5.41) is 3.43. The maximum atomic E-state index is 13.1. The summed E-state index contributed by atoms with van der Waals surface area (Å²) in [6.07, 6.45) is 0.476. The fourth-order valence-corrected chi connectivity index (χ4v) is 3.30. The van der Waals surface area contributed by atoms with E-state index in [1.807, 2.05) is 13.8 Å². The van der Waals surface area contributed by atoms with Crippen LogP contribution in [0.1, 0.15) is 36.2 Å². The van der Waals surface area contributed by atoms with E-state index >= 15 is 0 Å². The molecule has 0 heterocycles. The highest BCUT2D eigenvalue weighted by Crippen LogP contribution is 2.21. The highest BCUT2D eigenvalue weighted by Gasteiger charge is 2.26. The summed E-state index contributed by atoms with van der Waals surface area (Å²) in [7, 11) is 1.65. The Hall–Kier alpha value is -2.11. The molecular formula is C21H23Cl2FN2O2. The number of rotatable bonds is 7. The molecule has 0 aliphatic carbocycles. The maximum Gasteiger partial charge on any atom is 0.253 e. The standard InChI is InChI=1S/C21H23Cl2FN2O2/c1-13(2)10-19(25-20(27)17-9-6-15(22)11-18(17)23)21(28)26(3)12-14-4-7-16(24)8-5-14/h4-9,11,13,19H,10,12H2,1-3H3,(H,25,27). The third kappa shape index (κ3) is 6.21.